The molecule has 0 aliphatic carbocycles. The Morgan fingerprint density at radius 2 is 2.26 bits per heavy atom. The van der Waals surface area contributed by atoms with Crippen molar-refractivity contribution in [2.24, 2.45) is 5.92 Å². The predicted molar refractivity (Wildman–Crippen MR) is 74.9 cm³/mol. The molecule has 1 atom stereocenters. The number of methoxy groups -OCH3 is 1. The van der Waals surface area contributed by atoms with Crippen molar-refractivity contribution in [2.75, 3.05) is 20.2 Å². The summed E-state index contributed by atoms with van der Waals surface area (Å²) in [4.78, 5) is 13.9. The maximum absolute atomic E-state index is 12.0. The molecule has 1 unspecified atom stereocenters. The van der Waals surface area contributed by atoms with Gasteiger partial charge in [-0.25, -0.2) is 0 Å². The van der Waals surface area contributed by atoms with E-state index < -0.39 is 0 Å². The fourth-order valence-electron chi connectivity index (χ4n) is 2.30. The molecule has 1 heterocycles. The van der Waals surface area contributed by atoms with E-state index in [2.05, 4.69) is 19.2 Å². The molecule has 1 aromatic rings. The molecule has 1 aliphatic rings. The Morgan fingerprint density at radius 1 is 1.47 bits per heavy atom. The molecule has 1 amide bonds. The Labute approximate surface area is 114 Å². The number of rotatable bonds is 5. The van der Waals surface area contributed by atoms with E-state index in [0.29, 0.717) is 12.5 Å². The van der Waals surface area contributed by atoms with Crippen LogP contribution in [-0.4, -0.2) is 31.0 Å². The average Bonchev–Trinajstić information content (AvgIpc) is 2.77. The van der Waals surface area contributed by atoms with Crippen LogP contribution >= 0.6 is 0 Å². The van der Waals surface area contributed by atoms with Gasteiger partial charge in [0.2, 0.25) is 5.91 Å². The maximum Gasteiger partial charge on any atom is 0.238 e. The summed E-state index contributed by atoms with van der Waals surface area (Å²) in [5.41, 5.74) is 1.08. The van der Waals surface area contributed by atoms with Crippen molar-refractivity contribution in [3.05, 3.63) is 29.8 Å². The highest BCUT2D eigenvalue weighted by Crippen LogP contribution is 2.26. The minimum absolute atomic E-state index is 0.0265. The molecule has 0 bridgehead atoms. The van der Waals surface area contributed by atoms with Crippen LogP contribution in [0.15, 0.2) is 24.3 Å². The molecule has 0 spiro atoms. The average molecular weight is 262 g/mol. The number of carbonyl (C=O) groups excluding carboxylic acids is 1. The fraction of sp³-hybridized carbons (Fsp3) is 0.533. The summed E-state index contributed by atoms with van der Waals surface area (Å²) in [5, 5.41) is 3.27. The molecule has 1 fully saturated rings. The van der Waals surface area contributed by atoms with E-state index in [1.54, 1.807) is 7.11 Å². The van der Waals surface area contributed by atoms with Gasteiger partial charge in [-0.05, 0) is 30.0 Å². The van der Waals surface area contributed by atoms with Crippen LogP contribution in [0.4, 0.5) is 0 Å². The molecule has 1 aliphatic heterocycles. The predicted octanol–water partition coefficient (Wildman–Crippen LogP) is 2.17. The third kappa shape index (κ3) is 3.26. The molecule has 0 saturated carbocycles. The molecule has 0 radical (unpaired) electrons. The van der Waals surface area contributed by atoms with Crippen LogP contribution in [0.1, 0.15) is 32.0 Å². The van der Waals surface area contributed by atoms with Gasteiger partial charge in [-0.2, -0.15) is 0 Å². The van der Waals surface area contributed by atoms with E-state index in [-0.39, 0.29) is 12.1 Å². The lowest BCUT2D eigenvalue weighted by molar-refractivity contribution is -0.128. The first-order valence-electron chi connectivity index (χ1n) is 6.78. The Hall–Kier alpha value is -1.55. The second kappa shape index (κ2) is 6.06. The van der Waals surface area contributed by atoms with E-state index in [9.17, 15) is 4.79 Å². The lowest BCUT2D eigenvalue weighted by Gasteiger charge is -2.25. The summed E-state index contributed by atoms with van der Waals surface area (Å²) >= 11 is 0. The second-order valence-corrected chi connectivity index (χ2v) is 5.33. The first-order valence-corrected chi connectivity index (χ1v) is 6.78. The van der Waals surface area contributed by atoms with Gasteiger partial charge in [-0.1, -0.05) is 26.0 Å². The number of amides is 1. The van der Waals surface area contributed by atoms with Crippen molar-refractivity contribution in [1.82, 2.24) is 10.2 Å². The lowest BCUT2D eigenvalue weighted by Crippen LogP contribution is -2.31. The van der Waals surface area contributed by atoms with Gasteiger partial charge >= 0.3 is 0 Å². The molecular weight excluding hydrogens is 240 g/mol. The zero-order valence-corrected chi connectivity index (χ0v) is 11.8. The van der Waals surface area contributed by atoms with Crippen LogP contribution in [0.3, 0.4) is 0 Å². The molecule has 1 aromatic carbocycles. The van der Waals surface area contributed by atoms with Gasteiger partial charge in [0.25, 0.3) is 0 Å². The van der Waals surface area contributed by atoms with Crippen LogP contribution in [0.25, 0.3) is 0 Å². The van der Waals surface area contributed by atoms with Gasteiger partial charge in [0.05, 0.1) is 13.7 Å². The minimum atomic E-state index is -0.0265. The number of ether oxygens (including phenoxy) is 1. The van der Waals surface area contributed by atoms with Gasteiger partial charge < -0.3 is 9.64 Å². The first kappa shape index (κ1) is 13.9. The van der Waals surface area contributed by atoms with Crippen LogP contribution in [0.5, 0.6) is 5.75 Å². The van der Waals surface area contributed by atoms with Crippen LogP contribution in [0, 0.1) is 5.92 Å². The standard InChI is InChI=1S/C15H22N2O2/c1-11(2)7-8-17-14(18)10-16-15(17)12-5-4-6-13(9-12)19-3/h4-6,9,11,15-16H,7-8,10H2,1-3H3. The number of hydrogen-bond acceptors (Lipinski definition) is 3. The molecule has 19 heavy (non-hydrogen) atoms. The summed E-state index contributed by atoms with van der Waals surface area (Å²) < 4.78 is 5.24. The number of nitrogens with zero attached hydrogens (tertiary/aromatic N) is 1. The van der Waals surface area contributed by atoms with E-state index in [1.165, 1.54) is 0 Å². The Kier molecular flexibility index (Phi) is 4.43. The normalized spacial score (nSPS) is 19.3. The Morgan fingerprint density at radius 3 is 2.95 bits per heavy atom. The van der Waals surface area contributed by atoms with E-state index >= 15 is 0 Å². The second-order valence-electron chi connectivity index (χ2n) is 5.33. The maximum atomic E-state index is 12.0. The topological polar surface area (TPSA) is 41.6 Å². The van der Waals surface area contributed by atoms with Crippen LogP contribution in [0.2, 0.25) is 0 Å². The Bertz CT molecular complexity index is 446. The summed E-state index contributed by atoms with van der Waals surface area (Å²) in [6, 6.07) is 7.89. The van der Waals surface area contributed by atoms with Crippen LogP contribution < -0.4 is 10.1 Å². The molecule has 2 rings (SSSR count). The summed E-state index contributed by atoms with van der Waals surface area (Å²) in [5.74, 6) is 1.59. The molecular formula is C15H22N2O2. The largest absolute Gasteiger partial charge is 0.497 e. The van der Waals surface area contributed by atoms with Gasteiger partial charge in [0.1, 0.15) is 11.9 Å². The molecule has 1 saturated heterocycles. The SMILES string of the molecule is COc1cccc(C2NCC(=O)N2CCC(C)C)c1. The third-order valence-corrected chi connectivity index (χ3v) is 3.44. The van der Waals surface area contributed by atoms with E-state index in [1.807, 2.05) is 29.2 Å². The zero-order valence-electron chi connectivity index (χ0n) is 11.8. The van der Waals surface area contributed by atoms with Crippen LogP contribution in [-0.2, 0) is 4.79 Å². The highest BCUT2D eigenvalue weighted by Gasteiger charge is 2.31. The van der Waals surface area contributed by atoms with Crippen molar-refractivity contribution >= 4 is 5.91 Å². The molecule has 1 N–H and O–H groups in total. The van der Waals surface area contributed by atoms with E-state index in [4.69, 9.17) is 4.74 Å². The Balaban J connectivity index is 2.14. The molecule has 4 heteroatoms. The van der Waals surface area contributed by atoms with Crippen molar-refractivity contribution in [1.29, 1.82) is 0 Å². The highest BCUT2D eigenvalue weighted by molar-refractivity contribution is 5.81. The summed E-state index contributed by atoms with van der Waals surface area (Å²) in [7, 11) is 1.66. The monoisotopic (exact) mass is 262 g/mol. The first-order chi connectivity index (χ1) is 9.11. The van der Waals surface area contributed by atoms with Crippen molar-refractivity contribution in [2.45, 2.75) is 26.4 Å². The number of benzene rings is 1. The number of hydrogen-bond donors (Lipinski definition) is 1. The third-order valence-electron chi connectivity index (χ3n) is 3.44. The van der Waals surface area contributed by atoms with E-state index in [0.717, 1.165) is 24.3 Å². The lowest BCUT2D eigenvalue weighted by atomic mass is 10.1. The van der Waals surface area contributed by atoms with Gasteiger partial charge in [0.15, 0.2) is 0 Å². The zero-order chi connectivity index (χ0) is 13.8. The number of nitrogens with one attached hydrogen (secondary N) is 1. The fourth-order valence-corrected chi connectivity index (χ4v) is 2.30. The quantitative estimate of drug-likeness (QED) is 0.884. The summed E-state index contributed by atoms with van der Waals surface area (Å²) in [6.07, 6.45) is 0.995. The minimum Gasteiger partial charge on any atom is -0.497 e. The molecule has 104 valence electrons. The smallest absolute Gasteiger partial charge is 0.238 e. The van der Waals surface area contributed by atoms with Gasteiger partial charge in [-0.3, -0.25) is 10.1 Å². The van der Waals surface area contributed by atoms with Crippen molar-refractivity contribution < 1.29 is 9.53 Å². The van der Waals surface area contributed by atoms with Crippen molar-refractivity contribution in [3.63, 3.8) is 0 Å². The van der Waals surface area contributed by atoms with Gasteiger partial charge in [-0.15, -0.1) is 0 Å². The number of carbonyl (C=O) groups is 1. The molecule has 4 nitrogen and oxygen atoms in total. The summed E-state index contributed by atoms with van der Waals surface area (Å²) in [6.45, 7) is 5.56. The molecule has 0 aromatic heterocycles. The van der Waals surface area contributed by atoms with Crippen molar-refractivity contribution in [3.8, 4) is 5.75 Å². The highest BCUT2D eigenvalue weighted by atomic mass is 16.5. The van der Waals surface area contributed by atoms with Gasteiger partial charge in [0, 0.05) is 6.54 Å².